The zero-order chi connectivity index (χ0) is 14.7. The Morgan fingerprint density at radius 1 is 1.45 bits per heavy atom. The average molecular weight is 340 g/mol. The van der Waals surface area contributed by atoms with Crippen LogP contribution < -0.4 is 16.0 Å². The minimum Gasteiger partial charge on any atom is -0.438 e. The van der Waals surface area contributed by atoms with E-state index < -0.39 is 4.92 Å². The van der Waals surface area contributed by atoms with Crippen LogP contribution in [0.25, 0.3) is 0 Å². The highest BCUT2D eigenvalue weighted by Gasteiger charge is 2.12. The van der Waals surface area contributed by atoms with E-state index in [2.05, 4.69) is 31.3 Å². The Morgan fingerprint density at radius 2 is 2.20 bits per heavy atom. The maximum absolute atomic E-state index is 10.8. The molecule has 0 aliphatic carbocycles. The highest BCUT2D eigenvalue weighted by atomic mass is 79.9. The van der Waals surface area contributed by atoms with E-state index in [9.17, 15) is 10.1 Å². The molecule has 20 heavy (non-hydrogen) atoms. The second kappa shape index (κ2) is 5.80. The normalized spacial score (nSPS) is 10.2. The zero-order valence-corrected chi connectivity index (χ0v) is 11.9. The van der Waals surface area contributed by atoms with Crippen molar-refractivity contribution < 1.29 is 9.66 Å². The van der Waals surface area contributed by atoms with Gasteiger partial charge in [-0.3, -0.25) is 15.5 Å². The summed E-state index contributed by atoms with van der Waals surface area (Å²) < 4.78 is 6.08. The van der Waals surface area contributed by atoms with E-state index in [0.717, 1.165) is 0 Å². The van der Waals surface area contributed by atoms with Gasteiger partial charge in [0.1, 0.15) is 5.75 Å². The quantitative estimate of drug-likeness (QED) is 0.499. The maximum atomic E-state index is 10.8. The van der Waals surface area contributed by atoms with Crippen LogP contribution in [0.15, 0.2) is 28.9 Å². The van der Waals surface area contributed by atoms with Crippen molar-refractivity contribution in [1.29, 1.82) is 0 Å². The second-order valence-electron chi connectivity index (χ2n) is 3.83. The summed E-state index contributed by atoms with van der Waals surface area (Å²) in [5.41, 5.74) is 2.89. The van der Waals surface area contributed by atoms with Gasteiger partial charge in [-0.05, 0) is 13.0 Å². The summed E-state index contributed by atoms with van der Waals surface area (Å²) in [6.45, 7) is 1.75. The molecular formula is C11H10BrN5O3. The number of anilines is 1. The lowest BCUT2D eigenvalue weighted by Gasteiger charge is -2.08. The molecule has 1 aromatic carbocycles. The van der Waals surface area contributed by atoms with Crippen LogP contribution in [-0.4, -0.2) is 14.9 Å². The number of hydrogen-bond donors (Lipinski definition) is 2. The molecule has 0 spiro atoms. The monoisotopic (exact) mass is 339 g/mol. The molecule has 0 saturated carbocycles. The van der Waals surface area contributed by atoms with Gasteiger partial charge in [-0.25, -0.2) is 10.8 Å². The highest BCUT2D eigenvalue weighted by molar-refractivity contribution is 9.10. The Bertz CT molecular complexity index is 665. The van der Waals surface area contributed by atoms with Gasteiger partial charge in [-0.2, -0.15) is 4.98 Å². The van der Waals surface area contributed by atoms with Crippen LogP contribution >= 0.6 is 15.9 Å². The number of nitrogen functional groups attached to an aromatic ring is 1. The van der Waals surface area contributed by atoms with E-state index in [1.54, 1.807) is 13.0 Å². The molecule has 0 saturated heterocycles. The maximum Gasteiger partial charge on any atom is 0.274 e. The van der Waals surface area contributed by atoms with Crippen molar-refractivity contribution in [3.8, 4) is 11.6 Å². The number of non-ortho nitro benzene ring substituents is 1. The van der Waals surface area contributed by atoms with Crippen LogP contribution in [0, 0.1) is 17.0 Å². The lowest BCUT2D eigenvalue weighted by Crippen LogP contribution is -2.11. The first kappa shape index (κ1) is 14.2. The number of rotatable bonds is 4. The SMILES string of the molecule is Cc1cnc(NN)nc1Oc1cc(Br)cc([N+](=O)[O-])c1. The molecule has 2 aromatic rings. The third-order valence-electron chi connectivity index (χ3n) is 2.34. The molecule has 0 atom stereocenters. The summed E-state index contributed by atoms with van der Waals surface area (Å²) in [5.74, 6) is 5.96. The van der Waals surface area contributed by atoms with Crippen molar-refractivity contribution in [1.82, 2.24) is 9.97 Å². The third-order valence-corrected chi connectivity index (χ3v) is 2.79. The van der Waals surface area contributed by atoms with Gasteiger partial charge in [-0.15, -0.1) is 0 Å². The Morgan fingerprint density at radius 3 is 2.85 bits per heavy atom. The number of nitrogens with one attached hydrogen (secondary N) is 1. The van der Waals surface area contributed by atoms with Gasteiger partial charge in [0, 0.05) is 22.3 Å². The number of hydrogen-bond acceptors (Lipinski definition) is 7. The van der Waals surface area contributed by atoms with Crippen LogP contribution in [0.4, 0.5) is 11.6 Å². The van der Waals surface area contributed by atoms with Crippen LogP contribution in [-0.2, 0) is 0 Å². The standard InChI is InChI=1S/C11H10BrN5O3/c1-6-5-14-11(16-13)15-10(6)20-9-3-7(12)2-8(4-9)17(18)19/h2-5H,13H2,1H3,(H,14,15,16). The predicted molar refractivity (Wildman–Crippen MR) is 75.4 cm³/mol. The molecule has 2 rings (SSSR count). The van der Waals surface area contributed by atoms with Crippen LogP contribution in [0.3, 0.4) is 0 Å². The van der Waals surface area contributed by atoms with Gasteiger partial charge >= 0.3 is 0 Å². The zero-order valence-electron chi connectivity index (χ0n) is 10.3. The fourth-order valence-corrected chi connectivity index (χ4v) is 1.88. The number of nitrogens with two attached hydrogens (primary N) is 1. The molecule has 9 heteroatoms. The van der Waals surface area contributed by atoms with Gasteiger partial charge in [0.25, 0.3) is 5.69 Å². The largest absolute Gasteiger partial charge is 0.438 e. The first-order valence-electron chi connectivity index (χ1n) is 5.42. The number of hydrazine groups is 1. The molecule has 104 valence electrons. The molecule has 1 heterocycles. The van der Waals surface area contributed by atoms with Crippen molar-refractivity contribution in [2.75, 3.05) is 5.43 Å². The molecule has 8 nitrogen and oxygen atoms in total. The van der Waals surface area contributed by atoms with Gasteiger partial charge in [0.15, 0.2) is 0 Å². The Hall–Kier alpha value is -2.26. The van der Waals surface area contributed by atoms with Crippen molar-refractivity contribution in [2.45, 2.75) is 6.92 Å². The van der Waals surface area contributed by atoms with Gasteiger partial charge in [-0.1, -0.05) is 15.9 Å². The number of aryl methyl sites for hydroxylation is 1. The Kier molecular flexibility index (Phi) is 4.11. The fraction of sp³-hybridized carbons (Fsp3) is 0.0909. The molecule has 0 aliphatic rings. The molecule has 0 bridgehead atoms. The average Bonchev–Trinajstić information content (AvgIpc) is 2.40. The number of nitrogens with zero attached hydrogens (tertiary/aromatic N) is 3. The molecule has 0 radical (unpaired) electrons. The summed E-state index contributed by atoms with van der Waals surface area (Å²) >= 11 is 3.19. The molecule has 0 amide bonds. The number of aromatic nitrogens is 2. The number of halogens is 1. The lowest BCUT2D eigenvalue weighted by molar-refractivity contribution is -0.385. The summed E-state index contributed by atoms with van der Waals surface area (Å²) in [6.07, 6.45) is 1.53. The first-order valence-corrected chi connectivity index (χ1v) is 6.22. The van der Waals surface area contributed by atoms with E-state index in [4.69, 9.17) is 10.6 Å². The molecule has 1 aromatic heterocycles. The number of benzene rings is 1. The Labute approximate surface area is 122 Å². The number of ether oxygens (including phenoxy) is 1. The van der Waals surface area contributed by atoms with E-state index in [-0.39, 0.29) is 23.3 Å². The molecule has 0 unspecified atom stereocenters. The van der Waals surface area contributed by atoms with Crippen LogP contribution in [0.5, 0.6) is 11.6 Å². The van der Waals surface area contributed by atoms with Crippen LogP contribution in [0.1, 0.15) is 5.56 Å². The minimum absolute atomic E-state index is 0.0849. The minimum atomic E-state index is -0.503. The fourth-order valence-electron chi connectivity index (χ4n) is 1.42. The number of nitro benzene ring substituents is 1. The van der Waals surface area contributed by atoms with E-state index in [1.807, 2.05) is 0 Å². The smallest absolute Gasteiger partial charge is 0.274 e. The van der Waals surface area contributed by atoms with Crippen molar-refractivity contribution >= 4 is 27.6 Å². The predicted octanol–water partition coefficient (Wildman–Crippen LogP) is 2.53. The van der Waals surface area contributed by atoms with Gasteiger partial charge in [0.05, 0.1) is 11.0 Å². The van der Waals surface area contributed by atoms with Gasteiger partial charge in [0.2, 0.25) is 11.8 Å². The topological polar surface area (TPSA) is 116 Å². The molecule has 3 N–H and O–H groups in total. The highest BCUT2D eigenvalue weighted by Crippen LogP contribution is 2.30. The first-order chi connectivity index (χ1) is 9.49. The number of nitro groups is 1. The summed E-state index contributed by atoms with van der Waals surface area (Å²) in [5, 5.41) is 10.8. The lowest BCUT2D eigenvalue weighted by atomic mass is 10.3. The van der Waals surface area contributed by atoms with Crippen LogP contribution in [0.2, 0.25) is 0 Å². The van der Waals surface area contributed by atoms with Crippen molar-refractivity contribution in [3.63, 3.8) is 0 Å². The summed E-state index contributed by atoms with van der Waals surface area (Å²) in [7, 11) is 0. The van der Waals surface area contributed by atoms with Gasteiger partial charge < -0.3 is 4.74 Å². The Balaban J connectivity index is 2.36. The van der Waals surface area contributed by atoms with E-state index in [1.165, 1.54) is 18.3 Å². The van der Waals surface area contributed by atoms with E-state index >= 15 is 0 Å². The van der Waals surface area contributed by atoms with Crippen molar-refractivity contribution in [3.05, 3.63) is 44.5 Å². The molecular weight excluding hydrogens is 330 g/mol. The van der Waals surface area contributed by atoms with E-state index in [0.29, 0.717) is 10.0 Å². The third kappa shape index (κ3) is 3.19. The second-order valence-corrected chi connectivity index (χ2v) is 4.75. The summed E-state index contributed by atoms with van der Waals surface area (Å²) in [4.78, 5) is 18.3. The van der Waals surface area contributed by atoms with Crippen molar-refractivity contribution in [2.24, 2.45) is 5.84 Å². The molecule has 0 fully saturated rings. The summed E-state index contributed by atoms with van der Waals surface area (Å²) in [6, 6.07) is 4.29. The molecule has 0 aliphatic heterocycles.